The summed E-state index contributed by atoms with van der Waals surface area (Å²) >= 11 is 0. The molecule has 0 saturated heterocycles. The van der Waals surface area contributed by atoms with Crippen molar-refractivity contribution in [2.75, 3.05) is 0 Å². The highest BCUT2D eigenvalue weighted by atomic mass is 16.2. The van der Waals surface area contributed by atoms with Crippen LogP contribution in [0, 0.1) is 0 Å². The van der Waals surface area contributed by atoms with Crippen LogP contribution >= 0.6 is 0 Å². The normalized spacial score (nSPS) is 11.4. The van der Waals surface area contributed by atoms with Crippen molar-refractivity contribution in [2.45, 2.75) is 12.8 Å². The van der Waals surface area contributed by atoms with Gasteiger partial charge in [-0.15, -0.1) is 0 Å². The van der Waals surface area contributed by atoms with Gasteiger partial charge in [0.25, 0.3) is 0 Å². The van der Waals surface area contributed by atoms with Crippen LogP contribution in [-0.4, -0.2) is 24.2 Å². The molecule has 6 heteroatoms. The minimum atomic E-state index is -0.337. The molecule has 6 nitrogen and oxygen atoms in total. The molecule has 2 N–H and O–H groups in total. The Kier molecular flexibility index (Phi) is 6.63. The third kappa shape index (κ3) is 5.64. The van der Waals surface area contributed by atoms with Gasteiger partial charge in [0.1, 0.15) is 0 Å². The van der Waals surface area contributed by atoms with Gasteiger partial charge >= 0.3 is 0 Å². The molecule has 0 aliphatic rings. The van der Waals surface area contributed by atoms with Gasteiger partial charge in [0.05, 0.1) is 12.4 Å². The molecule has 0 radical (unpaired) electrons. The first-order valence-electron chi connectivity index (χ1n) is 10.3. The molecule has 0 aliphatic heterocycles. The molecule has 32 heavy (non-hydrogen) atoms. The summed E-state index contributed by atoms with van der Waals surface area (Å²) in [5, 5.41) is 12.4. The van der Waals surface area contributed by atoms with Crippen molar-refractivity contribution >= 4 is 45.8 Å². The number of rotatable bonds is 7. The fraction of sp³-hybridized carbons (Fsp3) is 0.0769. The second-order valence-corrected chi connectivity index (χ2v) is 7.30. The van der Waals surface area contributed by atoms with Gasteiger partial charge in [-0.25, -0.2) is 10.9 Å². The first kappa shape index (κ1) is 20.9. The number of carbonyl (C=O) groups excluding carboxylic acids is 2. The molecule has 4 rings (SSSR count). The van der Waals surface area contributed by atoms with E-state index in [0.717, 1.165) is 32.7 Å². The average molecular weight is 422 g/mol. The third-order valence-corrected chi connectivity index (χ3v) is 4.93. The van der Waals surface area contributed by atoms with Gasteiger partial charge in [0, 0.05) is 12.8 Å². The average Bonchev–Trinajstić information content (AvgIpc) is 2.82. The van der Waals surface area contributed by atoms with Gasteiger partial charge in [0.15, 0.2) is 0 Å². The molecule has 158 valence electrons. The topological polar surface area (TPSA) is 82.9 Å². The van der Waals surface area contributed by atoms with E-state index in [9.17, 15) is 9.59 Å². The summed E-state index contributed by atoms with van der Waals surface area (Å²) in [6, 6.07) is 27.9. The highest BCUT2D eigenvalue weighted by Crippen LogP contribution is 2.15. The standard InChI is InChI=1S/C26H22N4O2/c31-25(29-27-17-19-9-11-21-5-1-3-7-23(21)15-19)13-14-26(32)30-28-18-20-10-12-22-6-2-4-8-24(22)16-20/h1-12,15-18H,13-14H2,(H,29,31)(H,30,32)/b27-17+,28-18+. The van der Waals surface area contributed by atoms with Gasteiger partial charge in [-0.1, -0.05) is 72.8 Å². The van der Waals surface area contributed by atoms with E-state index in [4.69, 9.17) is 0 Å². The number of hydrogen-bond acceptors (Lipinski definition) is 4. The van der Waals surface area contributed by atoms with Crippen molar-refractivity contribution in [1.82, 2.24) is 10.9 Å². The molecule has 0 atom stereocenters. The molecule has 0 saturated carbocycles. The predicted octanol–water partition coefficient (Wildman–Crippen LogP) is 4.37. The summed E-state index contributed by atoms with van der Waals surface area (Å²) in [6.45, 7) is 0. The number of fused-ring (bicyclic) bond motifs is 2. The van der Waals surface area contributed by atoms with E-state index in [2.05, 4.69) is 21.1 Å². The van der Waals surface area contributed by atoms with E-state index in [0.29, 0.717) is 0 Å². The van der Waals surface area contributed by atoms with Crippen LogP contribution in [-0.2, 0) is 9.59 Å². The van der Waals surface area contributed by atoms with Crippen molar-refractivity contribution in [2.24, 2.45) is 10.2 Å². The molecular formula is C26H22N4O2. The summed E-state index contributed by atoms with van der Waals surface area (Å²) in [6.07, 6.45) is 3.20. The van der Waals surface area contributed by atoms with Crippen molar-refractivity contribution in [3.05, 3.63) is 96.1 Å². The molecule has 0 heterocycles. The summed E-state index contributed by atoms with van der Waals surface area (Å²) in [4.78, 5) is 23.9. The van der Waals surface area contributed by atoms with E-state index < -0.39 is 0 Å². The number of nitrogens with one attached hydrogen (secondary N) is 2. The fourth-order valence-corrected chi connectivity index (χ4v) is 3.27. The Bertz CT molecular complexity index is 1220. The van der Waals surface area contributed by atoms with Crippen LogP contribution in [0.3, 0.4) is 0 Å². The number of hydrazone groups is 2. The Balaban J connectivity index is 1.21. The molecule has 0 unspecified atom stereocenters. The molecule has 0 aliphatic carbocycles. The number of hydrogen-bond donors (Lipinski definition) is 2. The van der Waals surface area contributed by atoms with Crippen molar-refractivity contribution in [3.63, 3.8) is 0 Å². The molecule has 0 bridgehead atoms. The van der Waals surface area contributed by atoms with Crippen LogP contribution in [0.25, 0.3) is 21.5 Å². The first-order valence-corrected chi connectivity index (χ1v) is 10.3. The second kappa shape index (κ2) is 10.1. The zero-order valence-electron chi connectivity index (χ0n) is 17.4. The molecular weight excluding hydrogens is 400 g/mol. The van der Waals surface area contributed by atoms with Crippen LogP contribution in [0.5, 0.6) is 0 Å². The Morgan fingerprint density at radius 1 is 0.594 bits per heavy atom. The quantitative estimate of drug-likeness (QED) is 0.342. The lowest BCUT2D eigenvalue weighted by Gasteiger charge is -2.01. The SMILES string of the molecule is O=C(CCC(=O)N/N=C/c1ccc2ccccc2c1)N/N=C/c1ccc2ccccc2c1. The molecule has 4 aromatic carbocycles. The molecule has 2 amide bonds. The Labute approximate surface area is 185 Å². The Morgan fingerprint density at radius 3 is 1.44 bits per heavy atom. The number of benzene rings is 4. The van der Waals surface area contributed by atoms with Gasteiger partial charge in [-0.3, -0.25) is 9.59 Å². The van der Waals surface area contributed by atoms with Gasteiger partial charge in [0.2, 0.25) is 11.8 Å². The number of carbonyl (C=O) groups is 2. The molecule has 0 aromatic heterocycles. The predicted molar refractivity (Wildman–Crippen MR) is 129 cm³/mol. The zero-order valence-corrected chi connectivity index (χ0v) is 17.4. The van der Waals surface area contributed by atoms with Crippen LogP contribution in [0.2, 0.25) is 0 Å². The van der Waals surface area contributed by atoms with E-state index in [-0.39, 0.29) is 24.7 Å². The van der Waals surface area contributed by atoms with E-state index in [1.165, 1.54) is 0 Å². The van der Waals surface area contributed by atoms with Crippen molar-refractivity contribution in [3.8, 4) is 0 Å². The van der Waals surface area contributed by atoms with Crippen LogP contribution < -0.4 is 10.9 Å². The third-order valence-electron chi connectivity index (χ3n) is 4.93. The van der Waals surface area contributed by atoms with Crippen LogP contribution in [0.1, 0.15) is 24.0 Å². The monoisotopic (exact) mass is 422 g/mol. The largest absolute Gasteiger partial charge is 0.273 e. The maximum absolute atomic E-state index is 11.9. The van der Waals surface area contributed by atoms with Gasteiger partial charge in [-0.2, -0.15) is 10.2 Å². The maximum atomic E-state index is 11.9. The Hall–Kier alpha value is -4.32. The first-order chi connectivity index (χ1) is 15.7. The minimum absolute atomic E-state index is 0.0202. The second-order valence-electron chi connectivity index (χ2n) is 7.30. The lowest BCUT2D eigenvalue weighted by molar-refractivity contribution is -0.126. The van der Waals surface area contributed by atoms with E-state index in [1.807, 2.05) is 84.9 Å². The van der Waals surface area contributed by atoms with E-state index in [1.54, 1.807) is 12.4 Å². The summed E-state index contributed by atoms with van der Waals surface area (Å²) in [7, 11) is 0. The van der Waals surface area contributed by atoms with Crippen LogP contribution in [0.4, 0.5) is 0 Å². The number of nitrogens with zero attached hydrogens (tertiary/aromatic N) is 2. The highest BCUT2D eigenvalue weighted by Gasteiger charge is 2.05. The van der Waals surface area contributed by atoms with Crippen molar-refractivity contribution in [1.29, 1.82) is 0 Å². The zero-order chi connectivity index (χ0) is 22.2. The van der Waals surface area contributed by atoms with Crippen LogP contribution in [0.15, 0.2) is 95.1 Å². The summed E-state index contributed by atoms with van der Waals surface area (Å²) in [5.41, 5.74) is 6.65. The lowest BCUT2D eigenvalue weighted by Crippen LogP contribution is -2.22. The van der Waals surface area contributed by atoms with Crippen molar-refractivity contribution < 1.29 is 9.59 Å². The number of amides is 2. The molecule has 4 aromatic rings. The van der Waals surface area contributed by atoms with Gasteiger partial charge in [-0.05, 0) is 44.8 Å². The molecule has 0 fully saturated rings. The minimum Gasteiger partial charge on any atom is -0.273 e. The Morgan fingerprint density at radius 2 is 1.00 bits per heavy atom. The smallest absolute Gasteiger partial charge is 0.240 e. The van der Waals surface area contributed by atoms with Gasteiger partial charge < -0.3 is 0 Å². The lowest BCUT2D eigenvalue weighted by atomic mass is 10.1. The summed E-state index contributed by atoms with van der Waals surface area (Å²) < 4.78 is 0. The molecule has 0 spiro atoms. The van der Waals surface area contributed by atoms with E-state index >= 15 is 0 Å². The summed E-state index contributed by atoms with van der Waals surface area (Å²) in [5.74, 6) is -0.675. The maximum Gasteiger partial charge on any atom is 0.240 e. The fourth-order valence-electron chi connectivity index (χ4n) is 3.27. The highest BCUT2D eigenvalue weighted by molar-refractivity contribution is 5.92.